The summed E-state index contributed by atoms with van der Waals surface area (Å²) in [4.78, 5) is 2.52. The number of piperidine rings is 1. The van der Waals surface area contributed by atoms with E-state index >= 15 is 0 Å². The molecular formula is C20H32N2O2. The lowest BCUT2D eigenvalue weighted by atomic mass is 9.89. The fraction of sp³-hybridized carbons (Fsp3) is 0.700. The highest BCUT2D eigenvalue weighted by Crippen LogP contribution is 2.28. The van der Waals surface area contributed by atoms with Crippen molar-refractivity contribution in [3.63, 3.8) is 0 Å². The second-order valence-electron chi connectivity index (χ2n) is 7.36. The second-order valence-corrected chi connectivity index (χ2v) is 7.36. The van der Waals surface area contributed by atoms with Gasteiger partial charge >= 0.3 is 0 Å². The summed E-state index contributed by atoms with van der Waals surface area (Å²) in [5.74, 6) is 0.959. The molecule has 1 aromatic carbocycles. The van der Waals surface area contributed by atoms with Crippen molar-refractivity contribution < 1.29 is 9.84 Å². The van der Waals surface area contributed by atoms with Crippen molar-refractivity contribution >= 4 is 0 Å². The van der Waals surface area contributed by atoms with E-state index in [1.54, 1.807) is 7.11 Å². The predicted molar refractivity (Wildman–Crippen MR) is 97.4 cm³/mol. The molecule has 3 atom stereocenters. The van der Waals surface area contributed by atoms with Gasteiger partial charge in [0.25, 0.3) is 0 Å². The number of likely N-dealkylation sites (tertiary alicyclic amines) is 1. The molecule has 0 radical (unpaired) electrons. The van der Waals surface area contributed by atoms with Crippen LogP contribution in [0.4, 0.5) is 0 Å². The number of ether oxygens (including phenoxy) is 1. The van der Waals surface area contributed by atoms with Crippen molar-refractivity contribution in [3.8, 4) is 5.75 Å². The third-order valence-electron chi connectivity index (χ3n) is 5.78. The molecule has 2 aliphatic rings. The molecule has 0 spiro atoms. The minimum Gasteiger partial charge on any atom is -0.496 e. The predicted octanol–water partition coefficient (Wildman–Crippen LogP) is 3.11. The van der Waals surface area contributed by atoms with E-state index in [1.165, 1.54) is 18.4 Å². The van der Waals surface area contributed by atoms with Gasteiger partial charge < -0.3 is 15.2 Å². The Morgan fingerprint density at radius 3 is 2.54 bits per heavy atom. The van der Waals surface area contributed by atoms with E-state index in [1.807, 2.05) is 12.1 Å². The first-order valence-corrected chi connectivity index (χ1v) is 9.50. The van der Waals surface area contributed by atoms with Crippen LogP contribution in [0.1, 0.15) is 57.1 Å². The summed E-state index contributed by atoms with van der Waals surface area (Å²) < 4.78 is 5.49. The molecule has 2 N–H and O–H groups in total. The smallest absolute Gasteiger partial charge is 0.123 e. The number of nitrogens with one attached hydrogen (secondary N) is 1. The van der Waals surface area contributed by atoms with Crippen LogP contribution in [0.5, 0.6) is 5.75 Å². The first-order valence-electron chi connectivity index (χ1n) is 9.50. The average Bonchev–Trinajstić information content (AvgIpc) is 2.63. The van der Waals surface area contributed by atoms with Crippen LogP contribution in [-0.4, -0.2) is 48.4 Å². The Morgan fingerprint density at radius 1 is 1.12 bits per heavy atom. The molecule has 134 valence electrons. The van der Waals surface area contributed by atoms with Crippen LogP contribution in [0, 0.1) is 0 Å². The van der Waals surface area contributed by atoms with Crippen molar-refractivity contribution in [1.82, 2.24) is 10.2 Å². The maximum absolute atomic E-state index is 10.3. The zero-order valence-corrected chi connectivity index (χ0v) is 15.1. The maximum atomic E-state index is 10.3. The van der Waals surface area contributed by atoms with Crippen LogP contribution in [0.15, 0.2) is 24.3 Å². The number of methoxy groups -OCH3 is 1. The first-order chi connectivity index (χ1) is 11.7. The van der Waals surface area contributed by atoms with Gasteiger partial charge in [-0.25, -0.2) is 0 Å². The topological polar surface area (TPSA) is 44.7 Å². The lowest BCUT2D eigenvalue weighted by molar-refractivity contribution is 0.00669. The normalized spacial score (nSPS) is 27.8. The number of para-hydroxylation sites is 1. The zero-order valence-electron chi connectivity index (χ0n) is 15.1. The van der Waals surface area contributed by atoms with Crippen LogP contribution in [-0.2, 0) is 0 Å². The van der Waals surface area contributed by atoms with Gasteiger partial charge in [0.2, 0.25) is 0 Å². The lowest BCUT2D eigenvalue weighted by Gasteiger charge is -2.42. The largest absolute Gasteiger partial charge is 0.496 e. The Kier molecular flexibility index (Phi) is 6.14. The number of hydrogen-bond donors (Lipinski definition) is 2. The van der Waals surface area contributed by atoms with Crippen molar-refractivity contribution in [1.29, 1.82) is 0 Å². The number of aliphatic hydroxyl groups excluding tert-OH is 1. The average molecular weight is 332 g/mol. The summed E-state index contributed by atoms with van der Waals surface area (Å²) in [5, 5.41) is 14.0. The Labute approximate surface area is 146 Å². The Hall–Kier alpha value is -1.10. The number of rotatable bonds is 5. The van der Waals surface area contributed by atoms with Crippen molar-refractivity contribution in [3.05, 3.63) is 29.8 Å². The molecule has 0 amide bonds. The van der Waals surface area contributed by atoms with Crippen molar-refractivity contribution in [2.45, 2.75) is 69.7 Å². The molecule has 1 aliphatic heterocycles. The molecule has 0 bridgehead atoms. The molecule has 1 aliphatic carbocycles. The van der Waals surface area contributed by atoms with E-state index in [2.05, 4.69) is 29.3 Å². The summed E-state index contributed by atoms with van der Waals surface area (Å²) >= 11 is 0. The second kappa shape index (κ2) is 8.32. The lowest BCUT2D eigenvalue weighted by Crippen LogP contribution is -2.51. The molecule has 3 unspecified atom stereocenters. The standard InChI is InChI=1S/C20H32N2O2/c1-15(17-7-3-6-10-20(17)24-2)21-16-11-13-22(14-12-16)18-8-4-5-9-19(18)23/h3,6-7,10,15-16,18-19,21,23H,4-5,8-9,11-14H2,1-2H3. The van der Waals surface area contributed by atoms with Gasteiger partial charge in [-0.3, -0.25) is 4.90 Å². The van der Waals surface area contributed by atoms with Gasteiger partial charge in [-0.15, -0.1) is 0 Å². The van der Waals surface area contributed by atoms with Gasteiger partial charge in [0.15, 0.2) is 0 Å². The molecule has 4 heteroatoms. The molecule has 1 aromatic rings. The summed E-state index contributed by atoms with van der Waals surface area (Å²) in [6.07, 6.45) is 6.79. The third-order valence-corrected chi connectivity index (χ3v) is 5.78. The van der Waals surface area contributed by atoms with Crippen molar-refractivity contribution in [2.75, 3.05) is 20.2 Å². The monoisotopic (exact) mass is 332 g/mol. The van der Waals surface area contributed by atoms with Gasteiger partial charge in [-0.05, 0) is 38.7 Å². The number of aliphatic hydroxyl groups is 1. The summed E-state index contributed by atoms with van der Waals surface area (Å²) in [7, 11) is 1.74. The highest BCUT2D eigenvalue weighted by molar-refractivity contribution is 5.35. The van der Waals surface area contributed by atoms with Gasteiger partial charge in [0, 0.05) is 36.8 Å². The van der Waals surface area contributed by atoms with E-state index < -0.39 is 0 Å². The van der Waals surface area contributed by atoms with Crippen LogP contribution in [0.25, 0.3) is 0 Å². The summed E-state index contributed by atoms with van der Waals surface area (Å²) in [6, 6.07) is 9.49. The van der Waals surface area contributed by atoms with Gasteiger partial charge in [0.05, 0.1) is 13.2 Å². The van der Waals surface area contributed by atoms with E-state index in [4.69, 9.17) is 4.74 Å². The molecular weight excluding hydrogens is 300 g/mol. The van der Waals surface area contributed by atoms with Crippen LogP contribution in [0.2, 0.25) is 0 Å². The van der Waals surface area contributed by atoms with Gasteiger partial charge in [-0.2, -0.15) is 0 Å². The molecule has 1 saturated heterocycles. The minimum absolute atomic E-state index is 0.115. The molecule has 1 heterocycles. The van der Waals surface area contributed by atoms with Crippen LogP contribution < -0.4 is 10.1 Å². The van der Waals surface area contributed by atoms with E-state index in [0.717, 1.165) is 44.5 Å². The fourth-order valence-corrected chi connectivity index (χ4v) is 4.38. The number of benzene rings is 1. The molecule has 3 rings (SSSR count). The summed E-state index contributed by atoms with van der Waals surface area (Å²) in [5.41, 5.74) is 1.23. The fourth-order valence-electron chi connectivity index (χ4n) is 4.38. The Bertz CT molecular complexity index is 514. The quantitative estimate of drug-likeness (QED) is 0.870. The van der Waals surface area contributed by atoms with Gasteiger partial charge in [0.1, 0.15) is 5.75 Å². The van der Waals surface area contributed by atoms with Crippen molar-refractivity contribution in [2.24, 2.45) is 0 Å². The number of nitrogens with zero attached hydrogens (tertiary/aromatic N) is 1. The summed E-state index contributed by atoms with van der Waals surface area (Å²) in [6.45, 7) is 4.41. The minimum atomic E-state index is -0.115. The molecule has 0 aromatic heterocycles. The maximum Gasteiger partial charge on any atom is 0.123 e. The third kappa shape index (κ3) is 4.11. The van der Waals surface area contributed by atoms with Crippen LogP contribution in [0.3, 0.4) is 0 Å². The van der Waals surface area contributed by atoms with Crippen LogP contribution >= 0.6 is 0 Å². The Balaban J connectivity index is 1.51. The van der Waals surface area contributed by atoms with E-state index in [-0.39, 0.29) is 12.1 Å². The molecule has 2 fully saturated rings. The molecule has 4 nitrogen and oxygen atoms in total. The SMILES string of the molecule is COc1ccccc1C(C)NC1CCN(C2CCCCC2O)CC1. The first kappa shape index (κ1) is 17.7. The number of hydrogen-bond acceptors (Lipinski definition) is 4. The Morgan fingerprint density at radius 2 is 1.83 bits per heavy atom. The highest BCUT2D eigenvalue weighted by atomic mass is 16.5. The molecule has 1 saturated carbocycles. The van der Waals surface area contributed by atoms with Gasteiger partial charge in [-0.1, -0.05) is 31.0 Å². The zero-order chi connectivity index (χ0) is 16.9. The highest BCUT2D eigenvalue weighted by Gasteiger charge is 2.31. The molecule has 24 heavy (non-hydrogen) atoms. The van der Waals surface area contributed by atoms with E-state index in [0.29, 0.717) is 12.1 Å². The van der Waals surface area contributed by atoms with E-state index in [9.17, 15) is 5.11 Å².